The number of likely N-dealkylation sites (tertiary alicyclic amines) is 1. The van der Waals surface area contributed by atoms with Crippen molar-refractivity contribution in [2.75, 3.05) is 35.6 Å². The summed E-state index contributed by atoms with van der Waals surface area (Å²) in [6, 6.07) is 18.3. The number of carbonyl (C=O) groups excluding carboxylic acids is 1. The molecule has 3 aromatic rings. The first-order valence-corrected chi connectivity index (χ1v) is 18.4. The predicted molar refractivity (Wildman–Crippen MR) is 174 cm³/mol. The summed E-state index contributed by atoms with van der Waals surface area (Å²) in [5.74, 6) is 0.426. The minimum atomic E-state index is -3.56. The standard InChI is InChI=1S/C31H40FN5O6S2/c1-4-29(36-45(3,41)42)30(31(38)34-24-9-7-23(32)8-10-24)33-25-17-19-37(20-18-25)21-22-5-13-27(14-6-22)43-28-15-11-26(12-16-28)35-44(2,39)40/h5-16,25,29-30,33,35-36H,4,17-21H2,1-3H3,(H,34,38). The Kier molecular flexibility index (Phi) is 11.6. The number of nitrogens with one attached hydrogen (secondary N) is 4. The molecule has 0 bridgehead atoms. The Morgan fingerprint density at radius 1 is 0.867 bits per heavy atom. The molecule has 0 aliphatic carbocycles. The zero-order chi connectivity index (χ0) is 32.6. The van der Waals surface area contributed by atoms with Crippen LogP contribution in [0.2, 0.25) is 0 Å². The smallest absolute Gasteiger partial charge is 0.243 e. The van der Waals surface area contributed by atoms with Crippen molar-refractivity contribution in [1.29, 1.82) is 0 Å². The Balaban J connectivity index is 1.31. The van der Waals surface area contributed by atoms with Gasteiger partial charge in [0, 0.05) is 30.0 Å². The molecular formula is C31H40FN5O6S2. The number of ether oxygens (including phenoxy) is 1. The molecule has 0 spiro atoms. The first kappa shape index (κ1) is 34.3. The Bertz CT molecular complexity index is 1630. The molecule has 0 saturated carbocycles. The lowest BCUT2D eigenvalue weighted by atomic mass is 9.99. The molecule has 1 aliphatic heterocycles. The van der Waals surface area contributed by atoms with E-state index in [2.05, 4.69) is 25.0 Å². The van der Waals surface area contributed by atoms with Gasteiger partial charge in [0.2, 0.25) is 26.0 Å². The number of halogens is 1. The van der Waals surface area contributed by atoms with Crippen LogP contribution >= 0.6 is 0 Å². The van der Waals surface area contributed by atoms with Crippen molar-refractivity contribution in [3.63, 3.8) is 0 Å². The zero-order valence-corrected chi connectivity index (χ0v) is 27.1. The summed E-state index contributed by atoms with van der Waals surface area (Å²) in [4.78, 5) is 15.6. The van der Waals surface area contributed by atoms with Gasteiger partial charge in [-0.1, -0.05) is 19.1 Å². The van der Waals surface area contributed by atoms with Crippen LogP contribution in [-0.4, -0.2) is 71.4 Å². The normalized spacial score (nSPS) is 16.1. The molecule has 2 unspecified atom stereocenters. The monoisotopic (exact) mass is 661 g/mol. The summed E-state index contributed by atoms with van der Waals surface area (Å²) in [7, 11) is -6.91. The van der Waals surface area contributed by atoms with Gasteiger partial charge in [-0.15, -0.1) is 0 Å². The number of amides is 1. The zero-order valence-electron chi connectivity index (χ0n) is 25.5. The summed E-state index contributed by atoms with van der Waals surface area (Å²) in [5.41, 5.74) is 1.99. The van der Waals surface area contributed by atoms with Crippen molar-refractivity contribution in [1.82, 2.24) is 14.9 Å². The number of rotatable bonds is 14. The molecule has 244 valence electrons. The SMILES string of the molecule is CCC(NS(C)(=O)=O)C(NC1CCN(Cc2ccc(Oc3ccc(NS(C)(=O)=O)cc3)cc2)CC1)C(=O)Nc1ccc(F)cc1. The molecule has 1 amide bonds. The van der Waals surface area contributed by atoms with E-state index in [1.54, 1.807) is 24.3 Å². The molecule has 2 atom stereocenters. The van der Waals surface area contributed by atoms with Crippen LogP contribution in [0.15, 0.2) is 72.8 Å². The van der Waals surface area contributed by atoms with E-state index in [-0.39, 0.29) is 6.04 Å². The van der Waals surface area contributed by atoms with E-state index in [0.29, 0.717) is 29.3 Å². The fourth-order valence-corrected chi connectivity index (χ4v) is 6.58. The van der Waals surface area contributed by atoms with Gasteiger partial charge >= 0.3 is 0 Å². The van der Waals surface area contributed by atoms with Crippen LogP contribution in [0.3, 0.4) is 0 Å². The van der Waals surface area contributed by atoms with E-state index in [1.807, 2.05) is 31.2 Å². The highest BCUT2D eigenvalue weighted by Crippen LogP contribution is 2.25. The Morgan fingerprint density at radius 3 is 1.96 bits per heavy atom. The Hall–Kier alpha value is -3.56. The average Bonchev–Trinajstić information content (AvgIpc) is 2.97. The van der Waals surface area contributed by atoms with E-state index in [0.717, 1.165) is 50.6 Å². The van der Waals surface area contributed by atoms with Crippen molar-refractivity contribution in [3.8, 4) is 11.5 Å². The molecule has 1 aliphatic rings. The topological polar surface area (TPSA) is 146 Å². The van der Waals surface area contributed by atoms with Crippen LogP contribution in [0.5, 0.6) is 11.5 Å². The molecule has 0 radical (unpaired) electrons. The van der Waals surface area contributed by atoms with Crippen LogP contribution in [0, 0.1) is 5.82 Å². The third-order valence-electron chi connectivity index (χ3n) is 7.33. The van der Waals surface area contributed by atoms with Crippen molar-refractivity contribution >= 4 is 37.3 Å². The number of piperidine rings is 1. The molecule has 11 nitrogen and oxygen atoms in total. The van der Waals surface area contributed by atoms with Crippen LogP contribution in [-0.2, 0) is 31.4 Å². The lowest BCUT2D eigenvalue weighted by Gasteiger charge is -2.36. The Morgan fingerprint density at radius 2 is 1.42 bits per heavy atom. The molecular weight excluding hydrogens is 622 g/mol. The number of hydrogen-bond acceptors (Lipinski definition) is 8. The maximum atomic E-state index is 13.3. The van der Waals surface area contributed by atoms with Crippen molar-refractivity contribution in [3.05, 3.63) is 84.2 Å². The second-order valence-electron chi connectivity index (χ2n) is 11.2. The van der Waals surface area contributed by atoms with Gasteiger partial charge in [-0.05, 0) is 98.6 Å². The van der Waals surface area contributed by atoms with Crippen LogP contribution in [0.25, 0.3) is 0 Å². The number of sulfonamides is 2. The van der Waals surface area contributed by atoms with Gasteiger partial charge in [0.25, 0.3) is 0 Å². The number of nitrogens with zero attached hydrogens (tertiary/aromatic N) is 1. The van der Waals surface area contributed by atoms with Crippen molar-refractivity contribution < 1.29 is 30.8 Å². The third kappa shape index (κ3) is 11.4. The van der Waals surface area contributed by atoms with Gasteiger partial charge in [0.15, 0.2) is 0 Å². The average molecular weight is 662 g/mol. The maximum Gasteiger partial charge on any atom is 0.243 e. The van der Waals surface area contributed by atoms with E-state index in [1.165, 1.54) is 24.3 Å². The highest BCUT2D eigenvalue weighted by atomic mass is 32.2. The molecule has 1 saturated heterocycles. The summed E-state index contributed by atoms with van der Waals surface area (Å²) in [6.45, 7) is 4.12. The molecule has 1 heterocycles. The van der Waals surface area contributed by atoms with E-state index >= 15 is 0 Å². The van der Waals surface area contributed by atoms with Gasteiger partial charge in [0.1, 0.15) is 23.4 Å². The molecule has 1 fully saturated rings. The maximum absolute atomic E-state index is 13.3. The number of benzene rings is 3. The van der Waals surface area contributed by atoms with Gasteiger partial charge in [-0.3, -0.25) is 14.4 Å². The van der Waals surface area contributed by atoms with E-state index in [4.69, 9.17) is 4.74 Å². The lowest BCUT2D eigenvalue weighted by Crippen LogP contribution is -2.59. The first-order chi connectivity index (χ1) is 21.3. The van der Waals surface area contributed by atoms with Crippen LogP contribution < -0.4 is 24.8 Å². The van der Waals surface area contributed by atoms with Crippen LogP contribution in [0.4, 0.5) is 15.8 Å². The fraction of sp³-hybridized carbons (Fsp3) is 0.387. The highest BCUT2D eigenvalue weighted by Gasteiger charge is 2.32. The fourth-order valence-electron chi connectivity index (χ4n) is 5.16. The summed E-state index contributed by atoms with van der Waals surface area (Å²) < 4.78 is 71.1. The van der Waals surface area contributed by atoms with E-state index < -0.39 is 43.9 Å². The van der Waals surface area contributed by atoms with Crippen molar-refractivity contribution in [2.24, 2.45) is 0 Å². The van der Waals surface area contributed by atoms with Gasteiger partial charge < -0.3 is 15.4 Å². The van der Waals surface area contributed by atoms with Crippen molar-refractivity contribution in [2.45, 2.75) is 50.9 Å². The third-order valence-corrected chi connectivity index (χ3v) is 8.66. The molecule has 14 heteroatoms. The molecule has 3 aromatic carbocycles. The van der Waals surface area contributed by atoms with E-state index in [9.17, 15) is 26.0 Å². The Labute approximate surface area is 264 Å². The summed E-state index contributed by atoms with van der Waals surface area (Å²) in [6.07, 6.45) is 4.09. The van der Waals surface area contributed by atoms with Gasteiger partial charge in [-0.2, -0.15) is 0 Å². The van der Waals surface area contributed by atoms with Crippen LogP contribution in [0.1, 0.15) is 31.7 Å². The summed E-state index contributed by atoms with van der Waals surface area (Å²) in [5, 5.41) is 6.18. The first-order valence-electron chi connectivity index (χ1n) is 14.6. The lowest BCUT2D eigenvalue weighted by molar-refractivity contribution is -0.119. The quantitative estimate of drug-likeness (QED) is 0.204. The molecule has 0 aromatic heterocycles. The minimum absolute atomic E-state index is 0.00423. The number of carbonyl (C=O) groups is 1. The van der Waals surface area contributed by atoms with Gasteiger partial charge in [0.05, 0.1) is 12.5 Å². The predicted octanol–water partition coefficient (Wildman–Crippen LogP) is 3.88. The summed E-state index contributed by atoms with van der Waals surface area (Å²) >= 11 is 0. The minimum Gasteiger partial charge on any atom is -0.457 e. The number of hydrogen-bond donors (Lipinski definition) is 4. The highest BCUT2D eigenvalue weighted by molar-refractivity contribution is 7.92. The second-order valence-corrected chi connectivity index (χ2v) is 14.8. The molecule has 4 N–H and O–H groups in total. The molecule has 4 rings (SSSR count). The number of anilines is 2. The molecule has 45 heavy (non-hydrogen) atoms. The largest absolute Gasteiger partial charge is 0.457 e. The second kappa shape index (κ2) is 15.1. The van der Waals surface area contributed by atoms with Gasteiger partial charge in [-0.25, -0.2) is 25.9 Å².